The molecule has 0 fully saturated rings. The van der Waals surface area contributed by atoms with Gasteiger partial charge in [0, 0.05) is 12.6 Å². The largest absolute Gasteiger partial charge is 0.277 e. The average molecular weight is 197 g/mol. The first-order valence-electron chi connectivity index (χ1n) is 4.16. The molecule has 1 amide bonds. The number of carbonyl (C=O) groups excluding carboxylic acids is 1. The predicted molar refractivity (Wildman–Crippen MR) is 50.4 cm³/mol. The molecule has 0 aliphatic heterocycles. The van der Waals surface area contributed by atoms with Crippen molar-refractivity contribution in [2.45, 2.75) is 6.67 Å². The standard InChI is InChI=1S/C10H12FNO2/c1-12(14-2)10(13)9-5-3-4-8(6-9)7-11/h3-6H,7H2,1-2H3. The normalized spacial score (nSPS) is 9.93. The molecular formula is C10H12FNO2. The van der Waals surface area contributed by atoms with Gasteiger partial charge in [-0.15, -0.1) is 0 Å². The van der Waals surface area contributed by atoms with Gasteiger partial charge in [0.15, 0.2) is 0 Å². The van der Waals surface area contributed by atoms with Crippen LogP contribution in [-0.4, -0.2) is 25.1 Å². The van der Waals surface area contributed by atoms with E-state index in [0.717, 1.165) is 5.06 Å². The molecule has 0 saturated carbocycles. The van der Waals surface area contributed by atoms with E-state index in [4.69, 9.17) is 4.84 Å². The first kappa shape index (κ1) is 10.7. The summed E-state index contributed by atoms with van der Waals surface area (Å²) in [6.45, 7) is -0.572. The van der Waals surface area contributed by atoms with Gasteiger partial charge in [0.1, 0.15) is 6.67 Å². The van der Waals surface area contributed by atoms with Crippen LogP contribution in [0.15, 0.2) is 24.3 Å². The van der Waals surface area contributed by atoms with E-state index in [-0.39, 0.29) is 5.91 Å². The Bertz CT molecular complexity index is 328. The van der Waals surface area contributed by atoms with Crippen LogP contribution in [-0.2, 0) is 11.5 Å². The van der Waals surface area contributed by atoms with Crippen LogP contribution in [0.3, 0.4) is 0 Å². The number of carbonyl (C=O) groups is 1. The number of hydrogen-bond acceptors (Lipinski definition) is 2. The zero-order valence-corrected chi connectivity index (χ0v) is 8.16. The zero-order chi connectivity index (χ0) is 10.6. The van der Waals surface area contributed by atoms with E-state index in [2.05, 4.69) is 0 Å². The summed E-state index contributed by atoms with van der Waals surface area (Å²) in [6, 6.07) is 6.41. The molecule has 1 rings (SSSR count). The molecule has 0 radical (unpaired) electrons. The van der Waals surface area contributed by atoms with Crippen LogP contribution in [0.4, 0.5) is 4.39 Å². The smallest absolute Gasteiger partial charge is 0.274 e. The first-order chi connectivity index (χ1) is 6.69. The molecule has 14 heavy (non-hydrogen) atoms. The van der Waals surface area contributed by atoms with Gasteiger partial charge in [0.25, 0.3) is 5.91 Å². The lowest BCUT2D eigenvalue weighted by molar-refractivity contribution is -0.0757. The van der Waals surface area contributed by atoms with Gasteiger partial charge in [-0.25, -0.2) is 9.45 Å². The van der Waals surface area contributed by atoms with E-state index in [1.54, 1.807) is 18.2 Å². The molecule has 0 aromatic heterocycles. The van der Waals surface area contributed by atoms with E-state index in [1.807, 2.05) is 0 Å². The van der Waals surface area contributed by atoms with E-state index in [1.165, 1.54) is 20.2 Å². The SMILES string of the molecule is CON(C)C(=O)c1cccc(CF)c1. The molecule has 1 aromatic carbocycles. The van der Waals surface area contributed by atoms with Gasteiger partial charge in [-0.2, -0.15) is 0 Å². The zero-order valence-electron chi connectivity index (χ0n) is 8.16. The van der Waals surface area contributed by atoms with Crippen LogP contribution in [0.1, 0.15) is 15.9 Å². The highest BCUT2D eigenvalue weighted by Crippen LogP contribution is 2.08. The molecule has 0 saturated heterocycles. The molecule has 0 heterocycles. The van der Waals surface area contributed by atoms with Crippen molar-refractivity contribution in [3.8, 4) is 0 Å². The van der Waals surface area contributed by atoms with E-state index in [9.17, 15) is 9.18 Å². The Hall–Kier alpha value is -1.42. The first-order valence-corrected chi connectivity index (χ1v) is 4.16. The van der Waals surface area contributed by atoms with Crippen molar-refractivity contribution in [2.75, 3.05) is 14.2 Å². The Labute approximate surface area is 82.0 Å². The summed E-state index contributed by atoms with van der Waals surface area (Å²) in [7, 11) is 2.90. The summed E-state index contributed by atoms with van der Waals surface area (Å²) in [5.74, 6) is -0.289. The molecule has 4 heteroatoms. The van der Waals surface area contributed by atoms with Crippen LogP contribution >= 0.6 is 0 Å². The molecule has 0 N–H and O–H groups in total. The van der Waals surface area contributed by atoms with E-state index >= 15 is 0 Å². The monoisotopic (exact) mass is 197 g/mol. The van der Waals surface area contributed by atoms with E-state index in [0.29, 0.717) is 11.1 Å². The Kier molecular flexibility index (Phi) is 3.59. The summed E-state index contributed by atoms with van der Waals surface area (Å²) in [5, 5.41) is 1.09. The highest BCUT2D eigenvalue weighted by molar-refractivity contribution is 5.93. The maximum absolute atomic E-state index is 12.3. The maximum Gasteiger partial charge on any atom is 0.277 e. The Morgan fingerprint density at radius 1 is 1.57 bits per heavy atom. The second kappa shape index (κ2) is 4.72. The Balaban J connectivity index is 2.90. The number of hydroxylamine groups is 2. The third-order valence-electron chi connectivity index (χ3n) is 1.89. The molecule has 1 aromatic rings. The van der Waals surface area contributed by atoms with Gasteiger partial charge < -0.3 is 0 Å². The van der Waals surface area contributed by atoms with E-state index < -0.39 is 6.67 Å². The number of rotatable bonds is 3. The van der Waals surface area contributed by atoms with Crippen molar-refractivity contribution in [1.29, 1.82) is 0 Å². The molecular weight excluding hydrogens is 185 g/mol. The second-order valence-electron chi connectivity index (χ2n) is 2.82. The summed E-state index contributed by atoms with van der Waals surface area (Å²) in [4.78, 5) is 16.3. The second-order valence-corrected chi connectivity index (χ2v) is 2.82. The fourth-order valence-corrected chi connectivity index (χ4v) is 1.05. The van der Waals surface area contributed by atoms with Crippen LogP contribution in [0, 0.1) is 0 Å². The molecule has 0 atom stereocenters. The van der Waals surface area contributed by atoms with Crippen LogP contribution < -0.4 is 0 Å². The third-order valence-corrected chi connectivity index (χ3v) is 1.89. The van der Waals surface area contributed by atoms with Crippen LogP contribution in [0.2, 0.25) is 0 Å². The molecule has 0 aliphatic rings. The number of hydrogen-bond donors (Lipinski definition) is 0. The van der Waals surface area contributed by atoms with Crippen LogP contribution in [0.25, 0.3) is 0 Å². The predicted octanol–water partition coefficient (Wildman–Crippen LogP) is 1.79. The highest BCUT2D eigenvalue weighted by atomic mass is 19.1. The fourth-order valence-electron chi connectivity index (χ4n) is 1.05. The number of amides is 1. The number of alkyl halides is 1. The van der Waals surface area contributed by atoms with Crippen molar-refractivity contribution >= 4 is 5.91 Å². The molecule has 0 aliphatic carbocycles. The fraction of sp³-hybridized carbons (Fsp3) is 0.300. The van der Waals surface area contributed by atoms with Crippen LogP contribution in [0.5, 0.6) is 0 Å². The lowest BCUT2D eigenvalue weighted by Gasteiger charge is -2.13. The van der Waals surface area contributed by atoms with Crippen molar-refractivity contribution in [3.05, 3.63) is 35.4 Å². The lowest BCUT2D eigenvalue weighted by atomic mass is 10.1. The Morgan fingerprint density at radius 3 is 2.86 bits per heavy atom. The summed E-state index contributed by atoms with van der Waals surface area (Å²) >= 11 is 0. The molecule has 0 unspecified atom stereocenters. The summed E-state index contributed by atoms with van der Waals surface area (Å²) in [5.41, 5.74) is 0.907. The highest BCUT2D eigenvalue weighted by Gasteiger charge is 2.10. The molecule has 76 valence electrons. The van der Waals surface area contributed by atoms with Gasteiger partial charge in [-0.3, -0.25) is 9.63 Å². The minimum absolute atomic E-state index is 0.289. The molecule has 0 bridgehead atoms. The van der Waals surface area contributed by atoms with Gasteiger partial charge in [0.05, 0.1) is 7.11 Å². The van der Waals surface area contributed by atoms with Gasteiger partial charge in [-0.05, 0) is 17.7 Å². The maximum atomic E-state index is 12.3. The van der Waals surface area contributed by atoms with Crippen molar-refractivity contribution in [1.82, 2.24) is 5.06 Å². The minimum Gasteiger partial charge on any atom is -0.274 e. The number of benzene rings is 1. The topological polar surface area (TPSA) is 29.5 Å². The third kappa shape index (κ3) is 2.29. The average Bonchev–Trinajstić information content (AvgIpc) is 2.27. The number of halogens is 1. The van der Waals surface area contributed by atoms with Crippen molar-refractivity contribution < 1.29 is 14.0 Å². The summed E-state index contributed by atoms with van der Waals surface area (Å²) < 4.78 is 12.3. The van der Waals surface area contributed by atoms with Crippen molar-refractivity contribution in [3.63, 3.8) is 0 Å². The number of nitrogens with zero attached hydrogens (tertiary/aromatic N) is 1. The summed E-state index contributed by atoms with van der Waals surface area (Å²) in [6.07, 6.45) is 0. The lowest BCUT2D eigenvalue weighted by Crippen LogP contribution is -2.25. The van der Waals surface area contributed by atoms with Crippen molar-refractivity contribution in [2.24, 2.45) is 0 Å². The quantitative estimate of drug-likeness (QED) is 0.691. The molecule has 3 nitrogen and oxygen atoms in total. The van der Waals surface area contributed by atoms with Gasteiger partial charge in [-0.1, -0.05) is 12.1 Å². The molecule has 0 spiro atoms. The minimum atomic E-state index is -0.572. The van der Waals surface area contributed by atoms with Gasteiger partial charge >= 0.3 is 0 Å². The Morgan fingerprint density at radius 2 is 2.29 bits per heavy atom. The van der Waals surface area contributed by atoms with Gasteiger partial charge in [0.2, 0.25) is 0 Å².